The number of carbonyl (C=O) groups excluding carboxylic acids is 1. The number of hydrogen-bond acceptors (Lipinski definition) is 4. The lowest BCUT2D eigenvalue weighted by Gasteiger charge is -2.27. The maximum Gasteiger partial charge on any atom is 0.418 e. The average molecular weight is 497 g/mol. The summed E-state index contributed by atoms with van der Waals surface area (Å²) in [5.41, 5.74) is -0.606. The lowest BCUT2D eigenvalue weighted by Crippen LogP contribution is -2.40. The average Bonchev–Trinajstić information content (AvgIpc) is 3.10. The molecule has 172 valence electrons. The molecule has 11 heteroatoms. The second-order valence-corrected chi connectivity index (χ2v) is 8.34. The van der Waals surface area contributed by atoms with E-state index in [1.165, 1.54) is 22.8 Å². The van der Waals surface area contributed by atoms with Gasteiger partial charge in [-0.25, -0.2) is 4.98 Å². The third kappa shape index (κ3) is 4.38. The number of nitriles is 1. The second kappa shape index (κ2) is 8.86. The monoisotopic (exact) mass is 496 g/mol. The molecule has 0 spiro atoms. The van der Waals surface area contributed by atoms with Gasteiger partial charge in [-0.3, -0.25) is 4.79 Å². The Morgan fingerprint density at radius 2 is 1.94 bits per heavy atom. The van der Waals surface area contributed by atoms with Gasteiger partial charge in [-0.2, -0.15) is 18.4 Å². The lowest BCUT2D eigenvalue weighted by atomic mass is 10.1. The molecule has 0 atom stereocenters. The highest BCUT2D eigenvalue weighted by atomic mass is 35.5. The van der Waals surface area contributed by atoms with Gasteiger partial charge in [0.15, 0.2) is 0 Å². The number of rotatable bonds is 3. The van der Waals surface area contributed by atoms with Crippen LogP contribution in [0.15, 0.2) is 24.3 Å². The van der Waals surface area contributed by atoms with E-state index in [2.05, 4.69) is 4.98 Å². The van der Waals surface area contributed by atoms with Gasteiger partial charge in [0.1, 0.15) is 11.3 Å². The Morgan fingerprint density at radius 1 is 1.24 bits per heavy atom. The minimum atomic E-state index is -4.68. The van der Waals surface area contributed by atoms with Crippen molar-refractivity contribution in [3.8, 4) is 6.07 Å². The number of imidazole rings is 1. The Labute approximate surface area is 197 Å². The molecule has 4 rings (SSSR count). The molecule has 1 aromatic heterocycles. The standard InChI is InChI=1S/C22H17Cl2F3N4O2/c1-30-17-9-12(11-28)8-15(22(25,26)27)20(17)29-18(30)10-14-16(23)3-2-13(19(14)24)21(32)31-4-6-33-7-5-31/h2-3,8-9H,4-7,10H2,1H3. The molecule has 1 amide bonds. The molecule has 2 aromatic carbocycles. The van der Waals surface area contributed by atoms with Crippen LogP contribution >= 0.6 is 23.2 Å². The van der Waals surface area contributed by atoms with Crippen LogP contribution in [0.5, 0.6) is 0 Å². The van der Waals surface area contributed by atoms with Crippen LogP contribution in [0.4, 0.5) is 13.2 Å². The summed E-state index contributed by atoms with van der Waals surface area (Å²) in [6.07, 6.45) is -4.69. The van der Waals surface area contributed by atoms with E-state index in [1.54, 1.807) is 18.0 Å². The molecule has 1 aliphatic rings. The summed E-state index contributed by atoms with van der Waals surface area (Å²) in [5.74, 6) is -0.0189. The van der Waals surface area contributed by atoms with Crippen molar-refractivity contribution in [1.82, 2.24) is 14.5 Å². The molecule has 0 saturated carbocycles. The number of halogens is 5. The fourth-order valence-electron chi connectivity index (χ4n) is 3.79. The van der Waals surface area contributed by atoms with Crippen molar-refractivity contribution in [3.63, 3.8) is 0 Å². The topological polar surface area (TPSA) is 71.2 Å². The van der Waals surface area contributed by atoms with Crippen molar-refractivity contribution in [3.05, 3.63) is 62.4 Å². The van der Waals surface area contributed by atoms with Crippen molar-refractivity contribution in [2.45, 2.75) is 12.6 Å². The summed E-state index contributed by atoms with van der Waals surface area (Å²) in [5, 5.41) is 9.55. The van der Waals surface area contributed by atoms with Gasteiger partial charge in [-0.1, -0.05) is 23.2 Å². The second-order valence-electron chi connectivity index (χ2n) is 7.56. The number of benzene rings is 2. The molecular formula is C22H17Cl2F3N4O2. The molecule has 0 radical (unpaired) electrons. The number of aromatic nitrogens is 2. The van der Waals surface area contributed by atoms with Crippen LogP contribution in [0.3, 0.4) is 0 Å². The molecule has 0 N–H and O–H groups in total. The van der Waals surface area contributed by atoms with E-state index in [0.717, 1.165) is 6.07 Å². The van der Waals surface area contributed by atoms with Gasteiger partial charge >= 0.3 is 6.18 Å². The van der Waals surface area contributed by atoms with Crippen molar-refractivity contribution < 1.29 is 22.7 Å². The molecule has 1 fully saturated rings. The third-order valence-corrected chi connectivity index (χ3v) is 6.35. The predicted molar refractivity (Wildman–Crippen MR) is 116 cm³/mol. The highest BCUT2D eigenvalue weighted by Crippen LogP contribution is 2.37. The van der Waals surface area contributed by atoms with Crippen LogP contribution in [0, 0.1) is 11.3 Å². The zero-order valence-electron chi connectivity index (χ0n) is 17.3. The maximum absolute atomic E-state index is 13.6. The van der Waals surface area contributed by atoms with Gasteiger partial charge in [0.2, 0.25) is 0 Å². The van der Waals surface area contributed by atoms with E-state index in [0.29, 0.717) is 31.9 Å². The van der Waals surface area contributed by atoms with Gasteiger partial charge in [-0.05, 0) is 29.8 Å². The minimum absolute atomic E-state index is 0.00768. The number of alkyl halides is 3. The molecule has 0 bridgehead atoms. The summed E-state index contributed by atoms with van der Waals surface area (Å²) in [6, 6.07) is 6.95. The fourth-order valence-corrected chi connectivity index (χ4v) is 4.38. The zero-order valence-corrected chi connectivity index (χ0v) is 18.9. The molecule has 6 nitrogen and oxygen atoms in total. The summed E-state index contributed by atoms with van der Waals surface area (Å²) in [6.45, 7) is 1.71. The SMILES string of the molecule is Cn1c(Cc2c(Cl)ccc(C(=O)N3CCOCC3)c2Cl)nc2c(C(F)(F)F)cc(C#N)cc21. The summed E-state index contributed by atoms with van der Waals surface area (Å²) >= 11 is 12.9. The van der Waals surface area contributed by atoms with Gasteiger partial charge in [0.05, 0.1) is 46.5 Å². The number of hydrogen-bond donors (Lipinski definition) is 0. The maximum atomic E-state index is 13.6. The van der Waals surface area contributed by atoms with E-state index in [9.17, 15) is 18.0 Å². The quantitative estimate of drug-likeness (QED) is 0.520. The number of aryl methyl sites for hydroxylation is 1. The third-order valence-electron chi connectivity index (χ3n) is 5.56. The molecule has 2 heterocycles. The first kappa shape index (κ1) is 23.4. The first-order valence-electron chi connectivity index (χ1n) is 9.92. The van der Waals surface area contributed by atoms with Crippen LogP contribution in [0.2, 0.25) is 10.0 Å². The van der Waals surface area contributed by atoms with Crippen molar-refractivity contribution in [2.24, 2.45) is 7.05 Å². The number of amides is 1. The molecule has 0 unspecified atom stereocenters. The number of ether oxygens (including phenoxy) is 1. The molecule has 0 aliphatic carbocycles. The normalized spacial score (nSPS) is 14.5. The first-order chi connectivity index (χ1) is 15.6. The van der Waals surface area contributed by atoms with Gasteiger partial charge in [0, 0.05) is 31.6 Å². The number of carbonyl (C=O) groups is 1. The number of fused-ring (bicyclic) bond motifs is 1. The van der Waals surface area contributed by atoms with Crippen molar-refractivity contribution in [2.75, 3.05) is 26.3 Å². The first-order valence-corrected chi connectivity index (χ1v) is 10.7. The summed E-state index contributed by atoms with van der Waals surface area (Å²) in [7, 11) is 1.55. The van der Waals surface area contributed by atoms with Crippen LogP contribution in [-0.2, 0) is 24.4 Å². The molecule has 3 aromatic rings. The number of nitrogens with zero attached hydrogens (tertiary/aromatic N) is 4. The molecule has 1 aliphatic heterocycles. The Morgan fingerprint density at radius 3 is 2.58 bits per heavy atom. The van der Waals surface area contributed by atoms with E-state index in [-0.39, 0.29) is 50.4 Å². The molecule has 1 saturated heterocycles. The Balaban J connectivity index is 1.78. The van der Waals surface area contributed by atoms with Crippen molar-refractivity contribution >= 4 is 40.1 Å². The highest BCUT2D eigenvalue weighted by Gasteiger charge is 2.35. The van der Waals surface area contributed by atoms with E-state index >= 15 is 0 Å². The number of morpholine rings is 1. The van der Waals surface area contributed by atoms with Crippen LogP contribution in [0.1, 0.15) is 32.9 Å². The Kier molecular flexibility index (Phi) is 6.27. The van der Waals surface area contributed by atoms with E-state index < -0.39 is 11.7 Å². The van der Waals surface area contributed by atoms with E-state index in [1.807, 2.05) is 0 Å². The highest BCUT2D eigenvalue weighted by molar-refractivity contribution is 6.38. The molecular weight excluding hydrogens is 480 g/mol. The Hall–Kier alpha value is -2.80. The fraction of sp³-hybridized carbons (Fsp3) is 0.318. The molecule has 33 heavy (non-hydrogen) atoms. The minimum Gasteiger partial charge on any atom is -0.378 e. The van der Waals surface area contributed by atoms with Gasteiger partial charge < -0.3 is 14.2 Å². The van der Waals surface area contributed by atoms with Gasteiger partial charge in [-0.15, -0.1) is 0 Å². The van der Waals surface area contributed by atoms with E-state index in [4.69, 9.17) is 33.2 Å². The largest absolute Gasteiger partial charge is 0.418 e. The smallest absolute Gasteiger partial charge is 0.378 e. The summed E-state index contributed by atoms with van der Waals surface area (Å²) in [4.78, 5) is 18.8. The lowest BCUT2D eigenvalue weighted by molar-refractivity contribution is -0.136. The van der Waals surface area contributed by atoms with Gasteiger partial charge in [0.25, 0.3) is 5.91 Å². The Bertz CT molecular complexity index is 1290. The van der Waals surface area contributed by atoms with Crippen LogP contribution < -0.4 is 0 Å². The van der Waals surface area contributed by atoms with Crippen molar-refractivity contribution in [1.29, 1.82) is 5.26 Å². The van der Waals surface area contributed by atoms with Crippen LogP contribution in [0.25, 0.3) is 11.0 Å². The summed E-state index contributed by atoms with van der Waals surface area (Å²) < 4.78 is 47.5. The zero-order chi connectivity index (χ0) is 23.9. The van der Waals surface area contributed by atoms with Crippen LogP contribution in [-0.4, -0.2) is 46.7 Å². The predicted octanol–water partition coefficient (Wildman–Crippen LogP) is 4.83.